The summed E-state index contributed by atoms with van der Waals surface area (Å²) in [5.41, 5.74) is 1.30. The maximum Gasteiger partial charge on any atom is 0.108 e. The van der Waals surface area contributed by atoms with Gasteiger partial charge in [-0.2, -0.15) is 0 Å². The van der Waals surface area contributed by atoms with Crippen molar-refractivity contribution < 1.29 is 5.11 Å². The molecule has 0 radical (unpaired) electrons. The van der Waals surface area contributed by atoms with E-state index in [-0.39, 0.29) is 0 Å². The van der Waals surface area contributed by atoms with E-state index in [1.165, 1.54) is 30.8 Å². The Morgan fingerprint density at radius 1 is 1.40 bits per heavy atom. The quantitative estimate of drug-likeness (QED) is 0.800. The highest BCUT2D eigenvalue weighted by atomic mass is 16.3. The predicted octanol–water partition coefficient (Wildman–Crippen LogP) is 1.71. The first kappa shape index (κ1) is 9.40. The van der Waals surface area contributed by atoms with Gasteiger partial charge in [-0.25, -0.2) is 4.98 Å². The van der Waals surface area contributed by atoms with Crippen LogP contribution in [0.1, 0.15) is 43.1 Å². The van der Waals surface area contributed by atoms with E-state index in [1.807, 2.05) is 0 Å². The molecule has 82 valence electrons. The van der Waals surface area contributed by atoms with Crippen LogP contribution in [-0.2, 0) is 13.0 Å². The molecule has 15 heavy (non-hydrogen) atoms. The number of nitrogens with zero attached hydrogens (tertiary/aromatic N) is 2. The van der Waals surface area contributed by atoms with Gasteiger partial charge in [-0.05, 0) is 19.3 Å². The third-order valence-corrected chi connectivity index (χ3v) is 3.89. The zero-order chi connectivity index (χ0) is 10.3. The predicted molar refractivity (Wildman–Crippen MR) is 57.7 cm³/mol. The fourth-order valence-corrected chi connectivity index (χ4v) is 2.59. The lowest BCUT2D eigenvalue weighted by Gasteiger charge is -2.23. The zero-order valence-electron chi connectivity index (χ0n) is 9.02. The number of aliphatic hydroxyl groups excluding tert-OH is 1. The fraction of sp³-hybridized carbons (Fsp3) is 0.750. The molecule has 2 aliphatic rings. The molecule has 3 heteroatoms. The lowest BCUT2D eigenvalue weighted by Crippen LogP contribution is -2.22. The van der Waals surface area contributed by atoms with Gasteiger partial charge < -0.3 is 9.67 Å². The lowest BCUT2D eigenvalue weighted by molar-refractivity contribution is 0.190. The van der Waals surface area contributed by atoms with Gasteiger partial charge in [0.1, 0.15) is 5.82 Å². The van der Waals surface area contributed by atoms with E-state index in [9.17, 15) is 0 Å². The van der Waals surface area contributed by atoms with Crippen LogP contribution < -0.4 is 0 Å². The Kier molecular flexibility index (Phi) is 2.28. The van der Waals surface area contributed by atoms with Crippen LogP contribution in [0.4, 0.5) is 0 Å². The van der Waals surface area contributed by atoms with Crippen molar-refractivity contribution in [2.24, 2.45) is 5.92 Å². The Labute approximate surface area is 90.1 Å². The van der Waals surface area contributed by atoms with Gasteiger partial charge in [0.15, 0.2) is 0 Å². The van der Waals surface area contributed by atoms with E-state index in [0.29, 0.717) is 12.5 Å². The molecule has 1 atom stereocenters. The van der Waals surface area contributed by atoms with Crippen LogP contribution in [0.2, 0.25) is 0 Å². The molecule has 1 aliphatic heterocycles. The van der Waals surface area contributed by atoms with Crippen LogP contribution >= 0.6 is 0 Å². The van der Waals surface area contributed by atoms with Gasteiger partial charge in [-0.1, -0.05) is 6.42 Å². The largest absolute Gasteiger partial charge is 0.396 e. The molecule has 1 aromatic heterocycles. The summed E-state index contributed by atoms with van der Waals surface area (Å²) >= 11 is 0. The van der Waals surface area contributed by atoms with Crippen LogP contribution in [0.25, 0.3) is 0 Å². The number of aryl methyl sites for hydroxylation is 1. The van der Waals surface area contributed by atoms with E-state index in [4.69, 9.17) is 10.1 Å². The van der Waals surface area contributed by atoms with Gasteiger partial charge in [-0.15, -0.1) is 0 Å². The van der Waals surface area contributed by atoms with E-state index >= 15 is 0 Å². The summed E-state index contributed by atoms with van der Waals surface area (Å²) in [6, 6.07) is 0. The molecular weight excluding hydrogens is 188 g/mol. The third kappa shape index (κ3) is 1.59. The van der Waals surface area contributed by atoms with Crippen molar-refractivity contribution in [1.82, 2.24) is 9.55 Å². The number of hydrogen-bond acceptors (Lipinski definition) is 2. The Balaban J connectivity index is 1.81. The third-order valence-electron chi connectivity index (χ3n) is 3.89. The van der Waals surface area contributed by atoms with Crippen LogP contribution in [-0.4, -0.2) is 21.3 Å². The Hall–Kier alpha value is -0.830. The molecule has 0 bridgehead atoms. The maximum absolute atomic E-state index is 9.16. The van der Waals surface area contributed by atoms with Crippen LogP contribution in [0.5, 0.6) is 0 Å². The minimum atomic E-state index is 0.316. The average Bonchev–Trinajstić information content (AvgIpc) is 2.56. The molecule has 0 amide bonds. The second kappa shape index (κ2) is 3.63. The van der Waals surface area contributed by atoms with Crippen molar-refractivity contribution in [2.45, 2.75) is 44.6 Å². The number of imidazole rings is 1. The van der Waals surface area contributed by atoms with Gasteiger partial charge in [0.2, 0.25) is 0 Å². The first-order chi connectivity index (χ1) is 7.36. The molecule has 0 saturated heterocycles. The standard InChI is InChI=1S/C12H18N2O/c15-8-9-4-5-12-13-11(7-14(12)6-9)10-2-1-3-10/h7,9-10,15H,1-6,8H2. The molecule has 0 aromatic carbocycles. The van der Waals surface area contributed by atoms with Crippen LogP contribution in [0.3, 0.4) is 0 Å². The summed E-state index contributed by atoms with van der Waals surface area (Å²) in [5, 5.41) is 9.16. The summed E-state index contributed by atoms with van der Waals surface area (Å²) < 4.78 is 2.26. The van der Waals surface area contributed by atoms with Crippen molar-refractivity contribution in [3.8, 4) is 0 Å². The van der Waals surface area contributed by atoms with Crippen LogP contribution in [0.15, 0.2) is 6.20 Å². The highest BCUT2D eigenvalue weighted by Crippen LogP contribution is 2.36. The number of hydrogen-bond donors (Lipinski definition) is 1. The van der Waals surface area contributed by atoms with Crippen molar-refractivity contribution >= 4 is 0 Å². The molecule has 3 nitrogen and oxygen atoms in total. The van der Waals surface area contributed by atoms with Gasteiger partial charge in [0.05, 0.1) is 5.69 Å². The molecule has 1 N–H and O–H groups in total. The highest BCUT2D eigenvalue weighted by molar-refractivity contribution is 5.13. The van der Waals surface area contributed by atoms with Crippen LogP contribution in [0, 0.1) is 5.92 Å². The number of fused-ring (bicyclic) bond motifs is 1. The molecule has 1 aromatic rings. The summed E-state index contributed by atoms with van der Waals surface area (Å²) in [6.07, 6.45) is 8.36. The SMILES string of the molecule is OCC1CCc2nc(C3CCC3)cn2C1. The summed E-state index contributed by atoms with van der Waals surface area (Å²) in [5.74, 6) is 2.42. The van der Waals surface area contributed by atoms with E-state index in [0.717, 1.165) is 25.3 Å². The molecular formula is C12H18N2O. The second-order valence-electron chi connectivity index (χ2n) is 4.95. The smallest absolute Gasteiger partial charge is 0.108 e. The summed E-state index contributed by atoms with van der Waals surface area (Å²) in [4.78, 5) is 4.72. The first-order valence-corrected chi connectivity index (χ1v) is 6.03. The first-order valence-electron chi connectivity index (χ1n) is 6.03. The van der Waals surface area contributed by atoms with Gasteiger partial charge in [-0.3, -0.25) is 0 Å². The summed E-state index contributed by atoms with van der Waals surface area (Å²) in [7, 11) is 0. The molecule has 1 aliphatic carbocycles. The van der Waals surface area contributed by atoms with Gasteiger partial charge in [0, 0.05) is 37.6 Å². The van der Waals surface area contributed by atoms with Gasteiger partial charge in [0.25, 0.3) is 0 Å². The molecule has 0 spiro atoms. The Bertz CT molecular complexity index is 355. The molecule has 1 fully saturated rings. The monoisotopic (exact) mass is 206 g/mol. The zero-order valence-corrected chi connectivity index (χ0v) is 9.02. The Morgan fingerprint density at radius 2 is 2.27 bits per heavy atom. The minimum absolute atomic E-state index is 0.316. The topological polar surface area (TPSA) is 38.1 Å². The maximum atomic E-state index is 9.16. The molecule has 3 rings (SSSR count). The number of rotatable bonds is 2. The molecule has 1 unspecified atom stereocenters. The number of aliphatic hydroxyl groups is 1. The van der Waals surface area contributed by atoms with E-state index in [2.05, 4.69) is 10.8 Å². The second-order valence-corrected chi connectivity index (χ2v) is 4.95. The Morgan fingerprint density at radius 3 is 2.93 bits per heavy atom. The molecule has 2 heterocycles. The minimum Gasteiger partial charge on any atom is -0.396 e. The normalized spacial score (nSPS) is 26.1. The van der Waals surface area contributed by atoms with Crippen molar-refractivity contribution in [2.75, 3.05) is 6.61 Å². The fourth-order valence-electron chi connectivity index (χ4n) is 2.59. The van der Waals surface area contributed by atoms with Crippen molar-refractivity contribution in [1.29, 1.82) is 0 Å². The average molecular weight is 206 g/mol. The number of aromatic nitrogens is 2. The molecule has 1 saturated carbocycles. The summed E-state index contributed by atoms with van der Waals surface area (Å²) in [6.45, 7) is 1.28. The van der Waals surface area contributed by atoms with Crippen molar-refractivity contribution in [3.05, 3.63) is 17.7 Å². The highest BCUT2D eigenvalue weighted by Gasteiger charge is 2.25. The van der Waals surface area contributed by atoms with Gasteiger partial charge >= 0.3 is 0 Å². The van der Waals surface area contributed by atoms with E-state index < -0.39 is 0 Å². The van der Waals surface area contributed by atoms with Crippen molar-refractivity contribution in [3.63, 3.8) is 0 Å². The van der Waals surface area contributed by atoms with E-state index in [1.54, 1.807) is 0 Å². The lowest BCUT2D eigenvalue weighted by atomic mass is 9.83.